The van der Waals surface area contributed by atoms with Gasteiger partial charge in [-0.15, -0.1) is 0 Å². The molecule has 0 aliphatic heterocycles. The highest BCUT2D eigenvalue weighted by Crippen LogP contribution is 2.39. The van der Waals surface area contributed by atoms with E-state index in [1.165, 1.54) is 7.11 Å². The van der Waals surface area contributed by atoms with Crippen molar-refractivity contribution in [3.8, 4) is 0 Å². The summed E-state index contributed by atoms with van der Waals surface area (Å²) in [5, 5.41) is 26.6. The van der Waals surface area contributed by atoms with E-state index in [1.807, 2.05) is 19.9 Å². The monoisotopic (exact) mass is 602 g/mol. The van der Waals surface area contributed by atoms with Crippen LogP contribution in [0.25, 0.3) is 10.9 Å². The van der Waals surface area contributed by atoms with Crippen LogP contribution < -0.4 is 4.90 Å². The number of rotatable bonds is 17. The third-order valence-corrected chi connectivity index (χ3v) is 7.30. The van der Waals surface area contributed by atoms with Gasteiger partial charge in [0.2, 0.25) is 0 Å². The highest BCUT2D eigenvalue weighted by Gasteiger charge is 2.33. The number of benzene rings is 1. The Hall–Kier alpha value is -4.09. The number of H-pyrrole nitrogens is 1. The van der Waals surface area contributed by atoms with Crippen molar-refractivity contribution in [2.45, 2.75) is 85.6 Å². The van der Waals surface area contributed by atoms with E-state index in [2.05, 4.69) is 22.2 Å². The Balaban J connectivity index is 2.94. The normalized spacial score (nSPS) is 12.8. The highest BCUT2D eigenvalue weighted by molar-refractivity contribution is 6.37. The lowest BCUT2D eigenvalue weighted by Crippen LogP contribution is -2.44. The summed E-state index contributed by atoms with van der Waals surface area (Å²) in [5.41, 5.74) is 3.12. The molecule has 12 heteroatoms. The van der Waals surface area contributed by atoms with Gasteiger partial charge in [0, 0.05) is 31.5 Å². The number of hydrogen-bond acceptors (Lipinski definition) is 11. The van der Waals surface area contributed by atoms with Gasteiger partial charge in [-0.3, -0.25) is 0 Å². The van der Waals surface area contributed by atoms with E-state index in [0.29, 0.717) is 28.6 Å². The Labute approximate surface area is 253 Å². The Morgan fingerprint density at radius 1 is 0.907 bits per heavy atom. The van der Waals surface area contributed by atoms with Gasteiger partial charge in [0.25, 0.3) is 0 Å². The molecule has 3 N–H and O–H groups in total. The number of anilines is 1. The first-order chi connectivity index (χ1) is 20.6. The molecule has 0 fully saturated rings. The maximum absolute atomic E-state index is 13.0. The number of fused-ring (bicyclic) bond motifs is 1. The standard InChI is InChI=1S/C31H46N4O8/c1-8-11-12-13-14-20-15-21(16-23(33-39)29(36)42-9-2)28(35(6)27(19(4)5)31(38)41-7)25-22(18-32-26(20)25)17-24(34-40)30(37)43-10-3/h15,18-19,27,32,39-40H,8-14,16-17H2,1-7H3/b33-23-,34-24-/t27-/m0/s1. The van der Waals surface area contributed by atoms with E-state index in [-0.39, 0.29) is 43.4 Å². The molecule has 0 aliphatic rings. The molecule has 0 unspecified atom stereocenters. The van der Waals surface area contributed by atoms with Gasteiger partial charge >= 0.3 is 17.9 Å². The number of hydrogen-bond donors (Lipinski definition) is 3. The van der Waals surface area contributed by atoms with Crippen molar-refractivity contribution in [3.05, 3.63) is 29.0 Å². The maximum atomic E-state index is 13.0. The number of likely N-dealkylation sites (N-methyl/N-ethyl adjacent to an activating group) is 1. The zero-order valence-electron chi connectivity index (χ0n) is 26.4. The van der Waals surface area contributed by atoms with Crippen molar-refractivity contribution in [1.82, 2.24) is 4.98 Å². The first kappa shape index (κ1) is 35.1. The molecule has 2 rings (SSSR count). The second-order valence-corrected chi connectivity index (χ2v) is 10.6. The molecule has 1 aromatic carbocycles. The van der Waals surface area contributed by atoms with Crippen molar-refractivity contribution >= 4 is 45.9 Å². The van der Waals surface area contributed by atoms with Gasteiger partial charge in [-0.25, -0.2) is 14.4 Å². The number of ether oxygens (including phenoxy) is 3. The molecule has 1 aromatic heterocycles. The smallest absolute Gasteiger partial charge is 0.356 e. The first-order valence-corrected chi connectivity index (χ1v) is 14.8. The SMILES string of the molecule is CCCCCCc1cc(C/C(=N/O)C(=O)OCC)c(N(C)[C@H](C(=O)OC)C(C)C)c2c(C/C(=N/O)C(=O)OCC)c[nH]c12. The lowest BCUT2D eigenvalue weighted by atomic mass is 9.91. The van der Waals surface area contributed by atoms with Gasteiger partial charge in [-0.2, -0.15) is 0 Å². The largest absolute Gasteiger partial charge is 0.467 e. The van der Waals surface area contributed by atoms with Crippen molar-refractivity contribution in [2.75, 3.05) is 32.3 Å². The molecule has 0 aliphatic carbocycles. The molecule has 0 spiro atoms. The molecular formula is C31H46N4O8. The van der Waals surface area contributed by atoms with Gasteiger partial charge in [0.05, 0.1) is 31.5 Å². The highest BCUT2D eigenvalue weighted by atomic mass is 16.5. The molecular weight excluding hydrogens is 556 g/mol. The van der Waals surface area contributed by atoms with Crippen LogP contribution >= 0.6 is 0 Å². The molecule has 1 atom stereocenters. The van der Waals surface area contributed by atoms with E-state index in [9.17, 15) is 24.8 Å². The number of unbranched alkanes of at least 4 members (excludes halogenated alkanes) is 3. The third-order valence-electron chi connectivity index (χ3n) is 7.30. The molecule has 0 saturated carbocycles. The first-order valence-electron chi connectivity index (χ1n) is 14.8. The minimum atomic E-state index is -0.761. The van der Waals surface area contributed by atoms with E-state index >= 15 is 0 Å². The zero-order valence-corrected chi connectivity index (χ0v) is 26.4. The molecule has 0 radical (unpaired) electrons. The van der Waals surface area contributed by atoms with Crippen molar-refractivity contribution in [3.63, 3.8) is 0 Å². The molecule has 0 saturated heterocycles. The summed E-state index contributed by atoms with van der Waals surface area (Å²) in [7, 11) is 3.08. The van der Waals surface area contributed by atoms with Crippen LogP contribution in [0.5, 0.6) is 0 Å². The fraction of sp³-hybridized carbons (Fsp3) is 0.581. The summed E-state index contributed by atoms with van der Waals surface area (Å²) in [6, 6.07) is 1.23. The quantitative estimate of drug-likeness (QED) is 0.0576. The number of nitrogens with one attached hydrogen (secondary N) is 1. The fourth-order valence-corrected chi connectivity index (χ4v) is 5.34. The number of aromatic nitrogens is 1. The number of aromatic amines is 1. The maximum Gasteiger partial charge on any atom is 0.356 e. The second-order valence-electron chi connectivity index (χ2n) is 10.6. The van der Waals surface area contributed by atoms with Crippen LogP contribution in [0.3, 0.4) is 0 Å². The third kappa shape index (κ3) is 8.71. The fourth-order valence-electron chi connectivity index (χ4n) is 5.34. The average Bonchev–Trinajstić information content (AvgIpc) is 3.39. The lowest BCUT2D eigenvalue weighted by molar-refractivity contribution is -0.143. The molecule has 238 valence electrons. The molecule has 2 aromatic rings. The van der Waals surface area contributed by atoms with Gasteiger partial charge < -0.3 is 34.5 Å². The van der Waals surface area contributed by atoms with E-state index < -0.39 is 23.9 Å². The van der Waals surface area contributed by atoms with Crippen LogP contribution in [0.1, 0.15) is 77.0 Å². The number of aryl methyl sites for hydroxylation is 1. The Morgan fingerprint density at radius 2 is 1.49 bits per heavy atom. The molecule has 43 heavy (non-hydrogen) atoms. The van der Waals surface area contributed by atoms with Gasteiger partial charge in [0.1, 0.15) is 6.04 Å². The van der Waals surface area contributed by atoms with Crippen molar-refractivity contribution in [2.24, 2.45) is 16.2 Å². The van der Waals surface area contributed by atoms with Crippen LogP contribution in [0.4, 0.5) is 5.69 Å². The Bertz CT molecular complexity index is 1310. The van der Waals surface area contributed by atoms with Crippen LogP contribution in [0.15, 0.2) is 22.6 Å². The zero-order chi connectivity index (χ0) is 32.1. The van der Waals surface area contributed by atoms with Crippen LogP contribution in [-0.4, -0.2) is 78.1 Å². The van der Waals surface area contributed by atoms with Gasteiger partial charge in [-0.1, -0.05) is 56.4 Å². The van der Waals surface area contributed by atoms with Gasteiger partial charge in [0.15, 0.2) is 11.4 Å². The molecule has 0 amide bonds. The van der Waals surface area contributed by atoms with E-state index in [0.717, 1.165) is 36.8 Å². The van der Waals surface area contributed by atoms with Crippen molar-refractivity contribution < 1.29 is 39.0 Å². The summed E-state index contributed by atoms with van der Waals surface area (Å²) in [4.78, 5) is 43.4. The predicted octanol–water partition coefficient (Wildman–Crippen LogP) is 4.80. The van der Waals surface area contributed by atoms with Crippen LogP contribution in [0.2, 0.25) is 0 Å². The number of carbonyl (C=O) groups excluding carboxylic acids is 3. The van der Waals surface area contributed by atoms with E-state index in [1.54, 1.807) is 32.0 Å². The minimum absolute atomic E-state index is 0.0711. The number of esters is 3. The summed E-state index contributed by atoms with van der Waals surface area (Å²) >= 11 is 0. The van der Waals surface area contributed by atoms with Crippen LogP contribution in [0, 0.1) is 5.92 Å². The Morgan fingerprint density at radius 3 is 1.98 bits per heavy atom. The number of carbonyl (C=O) groups is 3. The minimum Gasteiger partial charge on any atom is -0.467 e. The number of nitrogens with zero attached hydrogens (tertiary/aromatic N) is 3. The number of methoxy groups -OCH3 is 1. The summed E-state index contributed by atoms with van der Waals surface area (Å²) in [6.45, 7) is 9.45. The second kappa shape index (κ2) is 17.1. The van der Waals surface area contributed by atoms with Crippen LogP contribution in [-0.2, 0) is 47.9 Å². The summed E-state index contributed by atoms with van der Waals surface area (Å²) < 4.78 is 15.4. The molecule has 12 nitrogen and oxygen atoms in total. The summed E-state index contributed by atoms with van der Waals surface area (Å²) in [5.74, 6) is -2.15. The average molecular weight is 603 g/mol. The van der Waals surface area contributed by atoms with Gasteiger partial charge in [-0.05, 0) is 49.3 Å². The lowest BCUT2D eigenvalue weighted by Gasteiger charge is -2.33. The molecule has 0 bridgehead atoms. The number of oxime groups is 2. The molecule has 1 heterocycles. The Kier molecular flexibility index (Phi) is 14.0. The topological polar surface area (TPSA) is 163 Å². The van der Waals surface area contributed by atoms with Crippen molar-refractivity contribution in [1.29, 1.82) is 0 Å². The summed E-state index contributed by atoms with van der Waals surface area (Å²) in [6.07, 6.45) is 6.38. The van der Waals surface area contributed by atoms with E-state index in [4.69, 9.17) is 14.2 Å². The predicted molar refractivity (Wildman–Crippen MR) is 164 cm³/mol.